The van der Waals surface area contributed by atoms with E-state index in [1.54, 1.807) is 0 Å². The molecular weight excluding hydrogens is 245 g/mol. The zero-order valence-electron chi connectivity index (χ0n) is 7.02. The van der Waals surface area contributed by atoms with Crippen molar-refractivity contribution in [3.8, 4) is 0 Å². The molecule has 4 radical (unpaired) electrons. The SMILES string of the molecule is [B]CC(I)C(C)C1([B])CCC1. The zero-order valence-corrected chi connectivity index (χ0v) is 9.17. The Bertz CT molecular complexity index is 134. The van der Waals surface area contributed by atoms with Crippen molar-refractivity contribution >= 4 is 38.3 Å². The van der Waals surface area contributed by atoms with E-state index in [9.17, 15) is 0 Å². The zero-order chi connectivity index (χ0) is 8.48. The smallest absolute Gasteiger partial charge is 0.0750 e. The molecule has 58 valence electrons. The second-order valence-corrected chi connectivity index (χ2v) is 5.23. The van der Waals surface area contributed by atoms with Gasteiger partial charge in [0, 0.05) is 3.92 Å². The van der Waals surface area contributed by atoms with Crippen LogP contribution in [0.4, 0.5) is 0 Å². The van der Waals surface area contributed by atoms with Crippen LogP contribution in [-0.2, 0) is 0 Å². The second-order valence-electron chi connectivity index (χ2n) is 3.63. The molecule has 0 amide bonds. The largest absolute Gasteiger partial charge is 0.0831 e. The monoisotopic (exact) mass is 258 g/mol. The summed E-state index contributed by atoms with van der Waals surface area (Å²) >= 11 is 2.41. The standard InChI is InChI=1S/C8H13B2I/c1-6(7(11)5-9)8(10)3-2-4-8/h6-7H,2-5H2,1H3. The van der Waals surface area contributed by atoms with Gasteiger partial charge in [0.1, 0.15) is 0 Å². The Morgan fingerprint density at radius 1 is 1.55 bits per heavy atom. The Morgan fingerprint density at radius 3 is 2.36 bits per heavy atom. The molecule has 2 atom stereocenters. The van der Waals surface area contributed by atoms with Crippen LogP contribution < -0.4 is 0 Å². The predicted octanol–water partition coefficient (Wildman–Crippen LogP) is 2.52. The van der Waals surface area contributed by atoms with Gasteiger partial charge in [-0.1, -0.05) is 60.4 Å². The van der Waals surface area contributed by atoms with Crippen molar-refractivity contribution in [2.45, 2.75) is 41.7 Å². The van der Waals surface area contributed by atoms with Gasteiger partial charge in [0.2, 0.25) is 0 Å². The maximum absolute atomic E-state index is 6.16. The molecule has 1 aliphatic carbocycles. The first kappa shape index (κ1) is 9.94. The fourth-order valence-electron chi connectivity index (χ4n) is 1.60. The van der Waals surface area contributed by atoms with E-state index in [-0.39, 0.29) is 5.31 Å². The molecule has 1 saturated carbocycles. The van der Waals surface area contributed by atoms with Crippen molar-refractivity contribution in [1.29, 1.82) is 0 Å². The predicted molar refractivity (Wildman–Crippen MR) is 59.8 cm³/mol. The molecule has 0 aromatic carbocycles. The summed E-state index contributed by atoms with van der Waals surface area (Å²) in [7, 11) is 11.7. The van der Waals surface area contributed by atoms with Crippen LogP contribution >= 0.6 is 22.6 Å². The summed E-state index contributed by atoms with van der Waals surface area (Å²) in [6.07, 6.45) is 4.43. The summed E-state index contributed by atoms with van der Waals surface area (Å²) in [5.41, 5.74) is 0. The molecule has 1 rings (SSSR count). The molecule has 0 N–H and O–H groups in total. The van der Waals surface area contributed by atoms with E-state index in [1.807, 2.05) is 0 Å². The molecule has 2 unspecified atom stereocenters. The van der Waals surface area contributed by atoms with Crippen molar-refractivity contribution < 1.29 is 0 Å². The number of hydrogen-bond acceptors (Lipinski definition) is 0. The number of halogens is 1. The van der Waals surface area contributed by atoms with Gasteiger partial charge in [0.15, 0.2) is 0 Å². The summed E-state index contributed by atoms with van der Waals surface area (Å²) in [5, 5.41) is 0.116. The fourth-order valence-corrected chi connectivity index (χ4v) is 2.32. The first-order valence-electron chi connectivity index (χ1n) is 4.23. The first-order valence-corrected chi connectivity index (χ1v) is 5.48. The van der Waals surface area contributed by atoms with Crippen molar-refractivity contribution in [2.24, 2.45) is 5.92 Å². The summed E-state index contributed by atoms with van der Waals surface area (Å²) in [6, 6.07) is 0. The van der Waals surface area contributed by atoms with Crippen molar-refractivity contribution in [2.75, 3.05) is 0 Å². The average Bonchev–Trinajstić information content (AvgIpc) is 1.97. The first-order chi connectivity index (χ1) is 5.10. The van der Waals surface area contributed by atoms with Gasteiger partial charge in [-0.3, -0.25) is 0 Å². The Balaban J connectivity index is 2.45. The van der Waals surface area contributed by atoms with Gasteiger partial charge in [0.05, 0.1) is 15.7 Å². The molecule has 0 aromatic rings. The summed E-state index contributed by atoms with van der Waals surface area (Å²) < 4.78 is 0.540. The van der Waals surface area contributed by atoms with Crippen LogP contribution in [0.2, 0.25) is 11.6 Å². The van der Waals surface area contributed by atoms with Crippen LogP contribution in [0.5, 0.6) is 0 Å². The lowest BCUT2D eigenvalue weighted by Crippen LogP contribution is -2.34. The molecule has 11 heavy (non-hydrogen) atoms. The molecule has 0 aliphatic heterocycles. The van der Waals surface area contributed by atoms with Crippen molar-refractivity contribution in [3.63, 3.8) is 0 Å². The maximum Gasteiger partial charge on any atom is 0.0750 e. The van der Waals surface area contributed by atoms with Crippen molar-refractivity contribution in [1.82, 2.24) is 0 Å². The van der Waals surface area contributed by atoms with Crippen LogP contribution in [0.3, 0.4) is 0 Å². The molecule has 0 heterocycles. The highest BCUT2D eigenvalue weighted by Crippen LogP contribution is 2.53. The number of alkyl halides is 1. The Morgan fingerprint density at radius 2 is 2.09 bits per heavy atom. The highest BCUT2D eigenvalue weighted by atomic mass is 127. The van der Waals surface area contributed by atoms with Gasteiger partial charge in [-0.25, -0.2) is 0 Å². The van der Waals surface area contributed by atoms with Gasteiger partial charge < -0.3 is 0 Å². The van der Waals surface area contributed by atoms with Gasteiger partial charge in [-0.15, -0.1) is 0 Å². The summed E-state index contributed by atoms with van der Waals surface area (Å²) in [6.45, 7) is 2.23. The minimum Gasteiger partial charge on any atom is -0.0831 e. The highest BCUT2D eigenvalue weighted by molar-refractivity contribution is 14.1. The third-order valence-corrected chi connectivity index (χ3v) is 4.55. The Labute approximate surface area is 85.9 Å². The topological polar surface area (TPSA) is 0 Å². The third kappa shape index (κ3) is 1.96. The van der Waals surface area contributed by atoms with Crippen LogP contribution in [0, 0.1) is 5.92 Å². The molecule has 0 spiro atoms. The van der Waals surface area contributed by atoms with Gasteiger partial charge in [0.25, 0.3) is 0 Å². The van der Waals surface area contributed by atoms with Gasteiger partial charge in [-0.2, -0.15) is 0 Å². The second kappa shape index (κ2) is 3.71. The maximum atomic E-state index is 6.16. The van der Waals surface area contributed by atoms with E-state index in [2.05, 4.69) is 29.5 Å². The van der Waals surface area contributed by atoms with Crippen LogP contribution in [0.15, 0.2) is 0 Å². The lowest BCUT2D eigenvalue weighted by atomic mass is 9.49. The van der Waals surface area contributed by atoms with E-state index in [0.717, 1.165) is 6.32 Å². The van der Waals surface area contributed by atoms with E-state index in [0.29, 0.717) is 9.84 Å². The van der Waals surface area contributed by atoms with Crippen LogP contribution in [-0.4, -0.2) is 19.6 Å². The quantitative estimate of drug-likeness (QED) is 0.414. The number of hydrogen-bond donors (Lipinski definition) is 0. The van der Waals surface area contributed by atoms with E-state index < -0.39 is 0 Å². The normalized spacial score (nSPS) is 27.1. The lowest BCUT2D eigenvalue weighted by molar-refractivity contribution is 0.247. The van der Waals surface area contributed by atoms with E-state index in [1.165, 1.54) is 19.3 Å². The molecular formula is C8H13B2I. The number of rotatable bonds is 3. The van der Waals surface area contributed by atoms with Crippen LogP contribution in [0.1, 0.15) is 26.2 Å². The average molecular weight is 258 g/mol. The third-order valence-electron chi connectivity index (χ3n) is 2.96. The minimum atomic E-state index is 0.116. The molecule has 3 heteroatoms. The highest BCUT2D eigenvalue weighted by Gasteiger charge is 2.38. The van der Waals surface area contributed by atoms with E-state index in [4.69, 9.17) is 15.7 Å². The molecule has 1 fully saturated rings. The molecule has 1 aliphatic rings. The molecule has 0 bridgehead atoms. The fraction of sp³-hybridized carbons (Fsp3) is 1.00. The Kier molecular flexibility index (Phi) is 3.36. The van der Waals surface area contributed by atoms with Crippen LogP contribution in [0.25, 0.3) is 0 Å². The summed E-state index contributed by atoms with van der Waals surface area (Å²) in [5.74, 6) is 0.571. The van der Waals surface area contributed by atoms with Gasteiger partial charge in [-0.05, 0) is 5.92 Å². The van der Waals surface area contributed by atoms with Crippen molar-refractivity contribution in [3.05, 3.63) is 0 Å². The van der Waals surface area contributed by atoms with E-state index >= 15 is 0 Å². The molecule has 0 saturated heterocycles. The minimum absolute atomic E-state index is 0.116. The molecule has 0 aromatic heterocycles. The molecule has 0 nitrogen and oxygen atoms in total. The lowest BCUT2D eigenvalue weighted by Gasteiger charge is -2.46. The Hall–Kier alpha value is 0.860. The van der Waals surface area contributed by atoms with Gasteiger partial charge >= 0.3 is 0 Å². The summed E-state index contributed by atoms with van der Waals surface area (Å²) in [4.78, 5) is 0.